The fraction of sp³-hybridized carbons (Fsp3) is 0.231. The van der Waals surface area contributed by atoms with Gasteiger partial charge in [0.2, 0.25) is 17.8 Å². The molecule has 33 heavy (non-hydrogen) atoms. The summed E-state index contributed by atoms with van der Waals surface area (Å²) in [4.78, 5) is 32.0. The van der Waals surface area contributed by atoms with E-state index < -0.39 is 0 Å². The summed E-state index contributed by atoms with van der Waals surface area (Å²) >= 11 is 0. The van der Waals surface area contributed by atoms with E-state index in [1.165, 1.54) is 10.5 Å². The molecule has 3 aromatic rings. The number of benzene rings is 2. The van der Waals surface area contributed by atoms with Crippen molar-refractivity contribution in [3.63, 3.8) is 0 Å². The summed E-state index contributed by atoms with van der Waals surface area (Å²) in [6, 6.07) is 18.1. The molecule has 6 rings (SSSR count). The summed E-state index contributed by atoms with van der Waals surface area (Å²) in [5.74, 6) is -0.406. The van der Waals surface area contributed by atoms with Crippen molar-refractivity contribution in [3.8, 4) is 0 Å². The Bertz CT molecular complexity index is 1280. The Morgan fingerprint density at radius 2 is 1.58 bits per heavy atom. The highest BCUT2D eigenvalue weighted by Gasteiger charge is 2.49. The molecule has 0 bridgehead atoms. The van der Waals surface area contributed by atoms with E-state index in [0.717, 1.165) is 16.8 Å². The Hall–Kier alpha value is -4.00. The molecule has 7 nitrogen and oxygen atoms in total. The molecule has 0 unspecified atom stereocenters. The number of rotatable bonds is 3. The van der Waals surface area contributed by atoms with Crippen molar-refractivity contribution in [3.05, 3.63) is 89.5 Å². The van der Waals surface area contributed by atoms with Crippen LogP contribution < -0.4 is 10.2 Å². The smallest absolute Gasteiger partial charge is 0.260 e. The number of fused-ring (bicyclic) bond motifs is 2. The highest BCUT2D eigenvalue weighted by atomic mass is 16.2. The molecule has 1 aliphatic carbocycles. The fourth-order valence-electron chi connectivity index (χ4n) is 4.86. The second-order valence-electron chi connectivity index (χ2n) is 8.77. The SMILES string of the molecule is Cc1ccc([C@H]2C=C(c3ccccc3)Nc3nc(N4C(=O)[C@H]5CC=CC[C@H]5C4=O)nn32)cc1. The van der Waals surface area contributed by atoms with Gasteiger partial charge in [0.25, 0.3) is 5.95 Å². The Balaban J connectivity index is 1.43. The van der Waals surface area contributed by atoms with Gasteiger partial charge >= 0.3 is 0 Å². The lowest BCUT2D eigenvalue weighted by atomic mass is 9.85. The minimum absolute atomic E-state index is 0.140. The number of anilines is 2. The van der Waals surface area contributed by atoms with E-state index in [9.17, 15) is 9.59 Å². The average Bonchev–Trinajstić information content (AvgIpc) is 3.38. The van der Waals surface area contributed by atoms with E-state index in [2.05, 4.69) is 52.7 Å². The Kier molecular flexibility index (Phi) is 4.50. The monoisotopic (exact) mass is 437 g/mol. The zero-order valence-electron chi connectivity index (χ0n) is 18.2. The summed E-state index contributed by atoms with van der Waals surface area (Å²) in [7, 11) is 0. The summed E-state index contributed by atoms with van der Waals surface area (Å²) in [6.07, 6.45) is 7.23. The zero-order chi connectivity index (χ0) is 22.5. The lowest BCUT2D eigenvalue weighted by Crippen LogP contribution is -2.32. The molecule has 2 aliphatic heterocycles. The van der Waals surface area contributed by atoms with E-state index in [0.29, 0.717) is 18.8 Å². The van der Waals surface area contributed by atoms with Gasteiger partial charge in [0.05, 0.1) is 11.8 Å². The number of nitrogens with one attached hydrogen (secondary N) is 1. The molecule has 164 valence electrons. The van der Waals surface area contributed by atoms with Gasteiger partial charge in [-0.2, -0.15) is 4.98 Å². The van der Waals surface area contributed by atoms with Crippen LogP contribution in [0.25, 0.3) is 5.70 Å². The van der Waals surface area contributed by atoms with Crippen LogP contribution in [0.1, 0.15) is 35.6 Å². The van der Waals surface area contributed by atoms with Crippen LogP contribution in [0.15, 0.2) is 72.8 Å². The topological polar surface area (TPSA) is 80.1 Å². The highest BCUT2D eigenvalue weighted by Crippen LogP contribution is 2.39. The number of hydrogen-bond acceptors (Lipinski definition) is 5. The van der Waals surface area contributed by atoms with Gasteiger partial charge < -0.3 is 5.32 Å². The van der Waals surface area contributed by atoms with Crippen molar-refractivity contribution in [1.82, 2.24) is 14.8 Å². The average molecular weight is 438 g/mol. The summed E-state index contributed by atoms with van der Waals surface area (Å²) in [6.45, 7) is 2.05. The first-order valence-electron chi connectivity index (χ1n) is 11.2. The van der Waals surface area contributed by atoms with Crippen molar-refractivity contribution < 1.29 is 9.59 Å². The molecule has 2 amide bonds. The number of carbonyl (C=O) groups excluding carboxylic acids is 2. The van der Waals surface area contributed by atoms with Crippen molar-refractivity contribution in [2.75, 3.05) is 10.2 Å². The lowest BCUT2D eigenvalue weighted by molar-refractivity contribution is -0.122. The van der Waals surface area contributed by atoms with E-state index in [1.54, 1.807) is 4.68 Å². The maximum atomic E-state index is 13.1. The van der Waals surface area contributed by atoms with Gasteiger partial charge in [-0.3, -0.25) is 9.59 Å². The number of amides is 2. The maximum Gasteiger partial charge on any atom is 0.260 e. The molecule has 3 atom stereocenters. The predicted octanol–water partition coefficient (Wildman–Crippen LogP) is 4.10. The molecule has 0 radical (unpaired) electrons. The number of imide groups is 1. The maximum absolute atomic E-state index is 13.1. The first kappa shape index (κ1) is 19.7. The lowest BCUT2D eigenvalue weighted by Gasteiger charge is -2.24. The van der Waals surface area contributed by atoms with Crippen LogP contribution >= 0.6 is 0 Å². The molecule has 1 fully saturated rings. The Labute approximate surface area is 191 Å². The molecule has 1 N–H and O–H groups in total. The van der Waals surface area contributed by atoms with Gasteiger partial charge in [-0.05, 0) is 37.0 Å². The number of nitrogens with zero attached hydrogens (tertiary/aromatic N) is 4. The molecule has 3 aliphatic rings. The van der Waals surface area contributed by atoms with Gasteiger partial charge in [-0.15, -0.1) is 5.10 Å². The van der Waals surface area contributed by atoms with Gasteiger partial charge in [0, 0.05) is 5.70 Å². The van der Waals surface area contributed by atoms with Gasteiger partial charge in [-0.25, -0.2) is 9.58 Å². The molecule has 0 spiro atoms. The third-order valence-corrected chi connectivity index (χ3v) is 6.67. The summed E-state index contributed by atoms with van der Waals surface area (Å²) in [5, 5.41) is 8.01. The van der Waals surface area contributed by atoms with Crippen molar-refractivity contribution in [2.24, 2.45) is 11.8 Å². The van der Waals surface area contributed by atoms with Gasteiger partial charge in [0.15, 0.2) is 0 Å². The highest BCUT2D eigenvalue weighted by molar-refractivity contribution is 6.21. The minimum atomic E-state index is -0.318. The van der Waals surface area contributed by atoms with Crippen LogP contribution in [-0.4, -0.2) is 26.6 Å². The molecular weight excluding hydrogens is 414 g/mol. The molecule has 7 heteroatoms. The van der Waals surface area contributed by atoms with Crippen LogP contribution in [0.5, 0.6) is 0 Å². The molecule has 3 heterocycles. The van der Waals surface area contributed by atoms with Gasteiger partial charge in [0.1, 0.15) is 6.04 Å². The Morgan fingerprint density at radius 3 is 2.24 bits per heavy atom. The van der Waals surface area contributed by atoms with E-state index in [1.807, 2.05) is 42.5 Å². The minimum Gasteiger partial charge on any atom is -0.324 e. The van der Waals surface area contributed by atoms with E-state index >= 15 is 0 Å². The third kappa shape index (κ3) is 3.19. The standard InChI is InChI=1S/C26H23N5O2/c1-16-11-13-18(14-12-16)22-15-21(17-7-3-2-4-8-17)27-25-28-26(29-31(22)25)30-23(32)19-9-5-6-10-20(19)24(30)33/h2-8,11-15,19-20,22H,9-10H2,1H3,(H,27,28,29)/t19-,20+,22-/m1/s1. The quantitative estimate of drug-likeness (QED) is 0.493. The number of aryl methyl sites for hydroxylation is 1. The number of allylic oxidation sites excluding steroid dienone is 3. The fourth-order valence-corrected chi connectivity index (χ4v) is 4.86. The predicted molar refractivity (Wildman–Crippen MR) is 125 cm³/mol. The summed E-state index contributed by atoms with van der Waals surface area (Å²) in [5.41, 5.74) is 4.15. The van der Waals surface area contributed by atoms with E-state index in [4.69, 9.17) is 0 Å². The number of carbonyl (C=O) groups is 2. The second-order valence-corrected chi connectivity index (χ2v) is 8.77. The van der Waals surface area contributed by atoms with Crippen LogP contribution in [0.2, 0.25) is 0 Å². The number of hydrogen-bond donors (Lipinski definition) is 1. The normalized spacial score (nSPS) is 23.7. The zero-order valence-corrected chi connectivity index (χ0v) is 18.2. The van der Waals surface area contributed by atoms with Crippen LogP contribution in [-0.2, 0) is 9.59 Å². The van der Waals surface area contributed by atoms with Crippen molar-refractivity contribution in [2.45, 2.75) is 25.8 Å². The van der Waals surface area contributed by atoms with Crippen LogP contribution in [0.3, 0.4) is 0 Å². The van der Waals surface area contributed by atoms with Gasteiger partial charge in [-0.1, -0.05) is 72.3 Å². The molecule has 1 saturated heterocycles. The largest absolute Gasteiger partial charge is 0.324 e. The molecular formula is C26H23N5O2. The molecule has 0 saturated carbocycles. The van der Waals surface area contributed by atoms with Crippen molar-refractivity contribution in [1.29, 1.82) is 0 Å². The van der Waals surface area contributed by atoms with Crippen LogP contribution in [0.4, 0.5) is 11.9 Å². The second kappa shape index (κ2) is 7.55. The van der Waals surface area contributed by atoms with Crippen LogP contribution in [0, 0.1) is 18.8 Å². The molecule has 1 aromatic heterocycles. The first-order chi connectivity index (χ1) is 16.1. The van der Waals surface area contributed by atoms with E-state index in [-0.39, 0.29) is 35.6 Å². The van der Waals surface area contributed by atoms with Crippen molar-refractivity contribution >= 4 is 29.4 Å². The third-order valence-electron chi connectivity index (χ3n) is 6.67. The first-order valence-corrected chi connectivity index (χ1v) is 11.2. The Morgan fingerprint density at radius 1 is 0.909 bits per heavy atom. The number of aromatic nitrogens is 3. The molecule has 2 aromatic carbocycles. The summed E-state index contributed by atoms with van der Waals surface area (Å²) < 4.78 is 1.76.